The van der Waals surface area contributed by atoms with Crippen LogP contribution in [0.1, 0.15) is 5.56 Å². The SMILES string of the molecule is Nc1nc(OCc2ccccc2)c2cccc(Br)c2n1. The normalized spacial score (nSPS) is 10.7. The molecular formula is C15H12BrN3O. The molecule has 0 aliphatic rings. The van der Waals surface area contributed by atoms with Gasteiger partial charge in [-0.2, -0.15) is 4.98 Å². The number of hydrogen-bond donors (Lipinski definition) is 1. The molecule has 5 heteroatoms. The van der Waals surface area contributed by atoms with Crippen LogP contribution in [-0.2, 0) is 6.61 Å². The highest BCUT2D eigenvalue weighted by molar-refractivity contribution is 9.10. The van der Waals surface area contributed by atoms with Gasteiger partial charge in [-0.1, -0.05) is 36.4 Å². The molecule has 0 radical (unpaired) electrons. The van der Waals surface area contributed by atoms with E-state index in [0.717, 1.165) is 20.9 Å². The Kier molecular flexibility index (Phi) is 3.52. The van der Waals surface area contributed by atoms with Gasteiger partial charge in [0.25, 0.3) is 0 Å². The van der Waals surface area contributed by atoms with E-state index in [1.165, 1.54) is 0 Å². The first-order valence-corrected chi connectivity index (χ1v) is 6.92. The summed E-state index contributed by atoms with van der Waals surface area (Å²) in [6, 6.07) is 15.7. The predicted molar refractivity (Wildman–Crippen MR) is 82.4 cm³/mol. The second kappa shape index (κ2) is 5.46. The van der Waals surface area contributed by atoms with Crippen LogP contribution < -0.4 is 10.5 Å². The van der Waals surface area contributed by atoms with E-state index >= 15 is 0 Å². The molecule has 0 saturated heterocycles. The van der Waals surface area contributed by atoms with Crippen molar-refractivity contribution in [3.8, 4) is 5.88 Å². The molecule has 4 nitrogen and oxygen atoms in total. The molecule has 0 atom stereocenters. The zero-order chi connectivity index (χ0) is 13.9. The Morgan fingerprint density at radius 2 is 1.80 bits per heavy atom. The number of hydrogen-bond acceptors (Lipinski definition) is 4. The third-order valence-corrected chi connectivity index (χ3v) is 3.52. The van der Waals surface area contributed by atoms with E-state index in [1.54, 1.807) is 0 Å². The van der Waals surface area contributed by atoms with Crippen molar-refractivity contribution in [2.24, 2.45) is 0 Å². The molecule has 1 heterocycles. The highest BCUT2D eigenvalue weighted by Crippen LogP contribution is 2.29. The number of nitrogens with zero attached hydrogens (tertiary/aromatic N) is 2. The minimum Gasteiger partial charge on any atom is -0.472 e. The van der Waals surface area contributed by atoms with Gasteiger partial charge in [-0.15, -0.1) is 0 Å². The molecule has 0 bridgehead atoms. The number of nitrogen functional groups attached to an aromatic ring is 1. The quantitative estimate of drug-likeness (QED) is 0.798. The molecule has 100 valence electrons. The first-order chi connectivity index (χ1) is 9.74. The number of benzene rings is 2. The second-order valence-corrected chi connectivity index (χ2v) is 5.15. The lowest BCUT2D eigenvalue weighted by atomic mass is 10.2. The zero-order valence-corrected chi connectivity index (χ0v) is 12.2. The second-order valence-electron chi connectivity index (χ2n) is 4.30. The Balaban J connectivity index is 1.97. The summed E-state index contributed by atoms with van der Waals surface area (Å²) in [4.78, 5) is 8.41. The Morgan fingerprint density at radius 3 is 2.60 bits per heavy atom. The minimum atomic E-state index is 0.201. The Hall–Kier alpha value is -2.14. The fourth-order valence-electron chi connectivity index (χ4n) is 1.94. The van der Waals surface area contributed by atoms with Gasteiger partial charge in [-0.05, 0) is 33.6 Å². The minimum absolute atomic E-state index is 0.201. The van der Waals surface area contributed by atoms with Crippen LogP contribution in [-0.4, -0.2) is 9.97 Å². The van der Waals surface area contributed by atoms with Gasteiger partial charge < -0.3 is 10.5 Å². The predicted octanol–water partition coefficient (Wildman–Crippen LogP) is 3.55. The average molecular weight is 330 g/mol. The molecule has 0 spiro atoms. The molecule has 2 aromatic carbocycles. The van der Waals surface area contributed by atoms with Crippen molar-refractivity contribution in [1.29, 1.82) is 0 Å². The third kappa shape index (κ3) is 2.58. The van der Waals surface area contributed by atoms with Crippen molar-refractivity contribution >= 4 is 32.8 Å². The van der Waals surface area contributed by atoms with Gasteiger partial charge in [0.15, 0.2) is 0 Å². The van der Waals surface area contributed by atoms with Crippen LogP contribution in [0.25, 0.3) is 10.9 Å². The molecule has 3 aromatic rings. The molecule has 0 amide bonds. The maximum absolute atomic E-state index is 5.79. The molecule has 0 fully saturated rings. The van der Waals surface area contributed by atoms with Gasteiger partial charge in [0.2, 0.25) is 11.8 Å². The Bertz CT molecular complexity index is 747. The van der Waals surface area contributed by atoms with Gasteiger partial charge in [-0.25, -0.2) is 4.98 Å². The van der Waals surface area contributed by atoms with Crippen molar-refractivity contribution in [3.63, 3.8) is 0 Å². The maximum Gasteiger partial charge on any atom is 0.226 e. The summed E-state index contributed by atoms with van der Waals surface area (Å²) in [6.07, 6.45) is 0. The summed E-state index contributed by atoms with van der Waals surface area (Å²) in [5.41, 5.74) is 7.57. The molecule has 2 N–H and O–H groups in total. The van der Waals surface area contributed by atoms with Gasteiger partial charge in [-0.3, -0.25) is 0 Å². The fraction of sp³-hybridized carbons (Fsp3) is 0.0667. The summed E-state index contributed by atoms with van der Waals surface area (Å²) in [5.74, 6) is 0.699. The smallest absolute Gasteiger partial charge is 0.226 e. The third-order valence-electron chi connectivity index (χ3n) is 2.88. The summed E-state index contributed by atoms with van der Waals surface area (Å²) in [5, 5.41) is 0.838. The number of para-hydroxylation sites is 1. The maximum atomic E-state index is 5.79. The van der Waals surface area contributed by atoms with Crippen LogP contribution in [0.15, 0.2) is 53.0 Å². The van der Waals surface area contributed by atoms with Crippen LogP contribution in [0, 0.1) is 0 Å². The van der Waals surface area contributed by atoms with E-state index in [4.69, 9.17) is 10.5 Å². The topological polar surface area (TPSA) is 61.0 Å². The lowest BCUT2D eigenvalue weighted by molar-refractivity contribution is 0.298. The van der Waals surface area contributed by atoms with E-state index in [-0.39, 0.29) is 5.95 Å². The number of halogens is 1. The Morgan fingerprint density at radius 1 is 1.00 bits per heavy atom. The van der Waals surface area contributed by atoms with Crippen molar-refractivity contribution in [2.45, 2.75) is 6.61 Å². The summed E-state index contributed by atoms with van der Waals surface area (Å²) in [7, 11) is 0. The molecule has 0 aliphatic carbocycles. The van der Waals surface area contributed by atoms with Gasteiger partial charge in [0, 0.05) is 4.47 Å². The number of ether oxygens (including phenoxy) is 1. The number of fused-ring (bicyclic) bond motifs is 1. The number of rotatable bonds is 3. The van der Waals surface area contributed by atoms with Crippen LogP contribution in [0.3, 0.4) is 0 Å². The summed E-state index contributed by atoms with van der Waals surface area (Å²) in [6.45, 7) is 0.443. The fourth-order valence-corrected chi connectivity index (χ4v) is 2.40. The highest BCUT2D eigenvalue weighted by atomic mass is 79.9. The first-order valence-electron chi connectivity index (χ1n) is 6.12. The van der Waals surface area contributed by atoms with Crippen LogP contribution >= 0.6 is 15.9 Å². The summed E-state index contributed by atoms with van der Waals surface area (Å²) >= 11 is 3.46. The zero-order valence-electron chi connectivity index (χ0n) is 10.6. The molecule has 1 aromatic heterocycles. The van der Waals surface area contributed by atoms with E-state index in [1.807, 2.05) is 48.5 Å². The van der Waals surface area contributed by atoms with Crippen molar-refractivity contribution in [1.82, 2.24) is 9.97 Å². The van der Waals surface area contributed by atoms with E-state index in [9.17, 15) is 0 Å². The van der Waals surface area contributed by atoms with E-state index < -0.39 is 0 Å². The standard InChI is InChI=1S/C15H12BrN3O/c16-12-8-4-7-11-13(12)18-15(17)19-14(11)20-9-10-5-2-1-3-6-10/h1-8H,9H2,(H2,17,18,19). The number of aromatic nitrogens is 2. The van der Waals surface area contributed by atoms with Crippen molar-refractivity contribution < 1.29 is 4.74 Å². The van der Waals surface area contributed by atoms with Crippen LogP contribution in [0.5, 0.6) is 5.88 Å². The van der Waals surface area contributed by atoms with E-state index in [2.05, 4.69) is 25.9 Å². The number of nitrogens with two attached hydrogens (primary N) is 1. The van der Waals surface area contributed by atoms with Crippen molar-refractivity contribution in [3.05, 3.63) is 58.6 Å². The molecule has 0 unspecified atom stereocenters. The molecule has 20 heavy (non-hydrogen) atoms. The van der Waals surface area contributed by atoms with Gasteiger partial charge in [0.1, 0.15) is 6.61 Å². The lowest BCUT2D eigenvalue weighted by Crippen LogP contribution is -2.02. The molecule has 0 aliphatic heterocycles. The largest absolute Gasteiger partial charge is 0.472 e. The highest BCUT2D eigenvalue weighted by Gasteiger charge is 2.09. The summed E-state index contributed by atoms with van der Waals surface area (Å²) < 4.78 is 6.66. The molecular weight excluding hydrogens is 318 g/mol. The van der Waals surface area contributed by atoms with Crippen LogP contribution in [0.2, 0.25) is 0 Å². The number of anilines is 1. The van der Waals surface area contributed by atoms with Crippen LogP contribution in [0.4, 0.5) is 5.95 Å². The lowest BCUT2D eigenvalue weighted by Gasteiger charge is -2.09. The molecule has 3 rings (SSSR count). The van der Waals surface area contributed by atoms with Crippen molar-refractivity contribution in [2.75, 3.05) is 5.73 Å². The monoisotopic (exact) mass is 329 g/mol. The first kappa shape index (κ1) is 12.9. The van der Waals surface area contributed by atoms with E-state index in [0.29, 0.717) is 12.5 Å². The average Bonchev–Trinajstić information content (AvgIpc) is 2.47. The van der Waals surface area contributed by atoms with Gasteiger partial charge >= 0.3 is 0 Å². The molecule has 0 saturated carbocycles. The Labute approximate surface area is 124 Å². The van der Waals surface area contributed by atoms with Gasteiger partial charge in [0.05, 0.1) is 10.9 Å².